The van der Waals surface area contributed by atoms with Gasteiger partial charge in [-0.25, -0.2) is 0 Å². The van der Waals surface area contributed by atoms with Gasteiger partial charge in [0.25, 0.3) is 10.1 Å². The van der Waals surface area contributed by atoms with Crippen LogP contribution in [0.1, 0.15) is 25.3 Å². The molecular weight excluding hydrogens is 276 g/mol. The summed E-state index contributed by atoms with van der Waals surface area (Å²) in [5.41, 5.74) is 0.427. The number of rotatable bonds is 3. The lowest BCUT2D eigenvalue weighted by molar-refractivity contribution is 0.0399. The fraction of sp³-hybridized carbons (Fsp3) is 0.600. The van der Waals surface area contributed by atoms with Crippen molar-refractivity contribution in [1.82, 2.24) is 0 Å². The summed E-state index contributed by atoms with van der Waals surface area (Å²) in [4.78, 5) is 0.236. The van der Waals surface area contributed by atoms with Gasteiger partial charge < -0.3 is 4.74 Å². The van der Waals surface area contributed by atoms with E-state index in [2.05, 4.69) is 0 Å². The summed E-state index contributed by atoms with van der Waals surface area (Å²) in [5, 5.41) is 0. The number of epoxide rings is 1. The summed E-state index contributed by atoms with van der Waals surface area (Å²) in [7, 11) is -3.70. The van der Waals surface area contributed by atoms with E-state index in [1.54, 1.807) is 24.3 Å². The minimum Gasteiger partial charge on any atom is -0.369 e. The van der Waals surface area contributed by atoms with Crippen molar-refractivity contribution in [3.05, 3.63) is 29.8 Å². The van der Waals surface area contributed by atoms with Gasteiger partial charge in [0.05, 0.1) is 22.7 Å². The van der Waals surface area contributed by atoms with Gasteiger partial charge in [-0.05, 0) is 44.7 Å². The predicted molar refractivity (Wildman–Crippen MR) is 72.7 cm³/mol. The van der Waals surface area contributed by atoms with Crippen LogP contribution in [0.4, 0.5) is 0 Å². The van der Waals surface area contributed by atoms with Crippen LogP contribution in [-0.2, 0) is 19.0 Å². The smallest absolute Gasteiger partial charge is 0.297 e. The number of hydrogen-bond acceptors (Lipinski definition) is 4. The second kappa shape index (κ2) is 3.84. The van der Waals surface area contributed by atoms with Crippen LogP contribution in [0, 0.1) is 18.8 Å². The van der Waals surface area contributed by atoms with E-state index in [0.29, 0.717) is 12.0 Å². The van der Waals surface area contributed by atoms with Crippen molar-refractivity contribution in [2.75, 3.05) is 0 Å². The highest BCUT2D eigenvalue weighted by Gasteiger charge is 2.68. The standard InChI is InChI=1S/C15H18O4S/c1-9-3-5-11(6-4-9)20(16,17)19-15(2)8-10-7-12(15)14-13(10)18-14/h3-6,10,12-14H,7-8H2,1-2H3/t10-,12+,13-,14-,15-/m1/s1. The minimum absolute atomic E-state index is 0.220. The lowest BCUT2D eigenvalue weighted by Gasteiger charge is -2.31. The maximum Gasteiger partial charge on any atom is 0.297 e. The predicted octanol–water partition coefficient (Wildman–Crippen LogP) is 2.27. The molecule has 1 aromatic rings. The first-order valence-electron chi connectivity index (χ1n) is 7.07. The molecular formula is C15H18O4S. The van der Waals surface area contributed by atoms with Crippen molar-refractivity contribution in [3.8, 4) is 0 Å². The molecule has 1 saturated heterocycles. The molecule has 1 aliphatic heterocycles. The molecule has 5 heteroatoms. The molecule has 3 aliphatic rings. The number of aryl methyl sites for hydroxylation is 1. The Kier molecular flexibility index (Phi) is 2.46. The van der Waals surface area contributed by atoms with Gasteiger partial charge in [-0.15, -0.1) is 0 Å². The molecule has 0 radical (unpaired) electrons. The van der Waals surface area contributed by atoms with Gasteiger partial charge >= 0.3 is 0 Å². The van der Waals surface area contributed by atoms with Gasteiger partial charge in [-0.2, -0.15) is 8.42 Å². The first-order valence-corrected chi connectivity index (χ1v) is 8.48. The number of hydrogen-bond donors (Lipinski definition) is 0. The molecule has 0 amide bonds. The Morgan fingerprint density at radius 3 is 2.55 bits per heavy atom. The number of benzene rings is 1. The molecule has 0 spiro atoms. The fourth-order valence-electron chi connectivity index (χ4n) is 4.00. The van der Waals surface area contributed by atoms with E-state index in [0.717, 1.165) is 18.4 Å². The van der Waals surface area contributed by atoms with Crippen molar-refractivity contribution < 1.29 is 17.3 Å². The van der Waals surface area contributed by atoms with E-state index in [-0.39, 0.29) is 16.9 Å². The molecule has 2 saturated carbocycles. The molecule has 0 N–H and O–H groups in total. The highest BCUT2D eigenvalue weighted by molar-refractivity contribution is 7.86. The Labute approximate surface area is 119 Å². The van der Waals surface area contributed by atoms with Crippen LogP contribution in [0.2, 0.25) is 0 Å². The molecule has 0 unspecified atom stereocenters. The summed E-state index contributed by atoms with van der Waals surface area (Å²) < 4.78 is 36.1. The zero-order chi connectivity index (χ0) is 14.1. The third-order valence-electron chi connectivity index (χ3n) is 5.04. The maximum atomic E-state index is 12.4. The van der Waals surface area contributed by atoms with Gasteiger partial charge in [-0.3, -0.25) is 4.18 Å². The van der Waals surface area contributed by atoms with Crippen LogP contribution >= 0.6 is 0 Å². The highest BCUT2D eigenvalue weighted by Crippen LogP contribution is 2.61. The second-order valence-electron chi connectivity index (χ2n) is 6.53. The van der Waals surface area contributed by atoms with Crippen molar-refractivity contribution in [3.63, 3.8) is 0 Å². The molecule has 20 heavy (non-hydrogen) atoms. The molecule has 2 aliphatic carbocycles. The van der Waals surface area contributed by atoms with E-state index in [4.69, 9.17) is 8.92 Å². The van der Waals surface area contributed by atoms with Gasteiger partial charge in [-0.1, -0.05) is 17.7 Å². The molecule has 3 fully saturated rings. The van der Waals surface area contributed by atoms with Crippen LogP contribution in [0.3, 0.4) is 0 Å². The Morgan fingerprint density at radius 2 is 1.95 bits per heavy atom. The first kappa shape index (κ1) is 12.8. The van der Waals surface area contributed by atoms with Gasteiger partial charge in [0, 0.05) is 5.92 Å². The molecule has 0 aromatic heterocycles. The largest absolute Gasteiger partial charge is 0.369 e. The third-order valence-corrected chi connectivity index (χ3v) is 6.49. The van der Waals surface area contributed by atoms with Crippen LogP contribution in [0.5, 0.6) is 0 Å². The summed E-state index contributed by atoms with van der Waals surface area (Å²) in [5.74, 6) is 0.695. The SMILES string of the molecule is Cc1ccc(S(=O)(=O)O[C@]2(C)C[C@H]3C[C@H]2[C@H]2O[C@H]32)cc1. The minimum atomic E-state index is -3.70. The summed E-state index contributed by atoms with van der Waals surface area (Å²) in [6, 6.07) is 6.80. The zero-order valence-corrected chi connectivity index (χ0v) is 12.4. The number of ether oxygens (including phenoxy) is 1. The Morgan fingerprint density at radius 1 is 1.25 bits per heavy atom. The molecule has 1 aromatic carbocycles. The van der Waals surface area contributed by atoms with Crippen molar-refractivity contribution in [2.45, 2.75) is 49.4 Å². The normalized spacial score (nSPS) is 41.7. The van der Waals surface area contributed by atoms with Crippen LogP contribution in [-0.4, -0.2) is 26.2 Å². The molecule has 5 atom stereocenters. The molecule has 4 rings (SSSR count). The van der Waals surface area contributed by atoms with Crippen LogP contribution in [0.25, 0.3) is 0 Å². The van der Waals surface area contributed by atoms with Crippen molar-refractivity contribution in [1.29, 1.82) is 0 Å². The first-order chi connectivity index (χ1) is 9.39. The van der Waals surface area contributed by atoms with Gasteiger partial charge in [0.1, 0.15) is 0 Å². The summed E-state index contributed by atoms with van der Waals surface area (Å²) >= 11 is 0. The van der Waals surface area contributed by atoms with E-state index >= 15 is 0 Å². The molecule has 4 nitrogen and oxygen atoms in total. The maximum absolute atomic E-state index is 12.4. The lowest BCUT2D eigenvalue weighted by atomic mass is 9.86. The highest BCUT2D eigenvalue weighted by atomic mass is 32.2. The average molecular weight is 294 g/mol. The van der Waals surface area contributed by atoms with Gasteiger partial charge in [0.15, 0.2) is 0 Å². The summed E-state index contributed by atoms with van der Waals surface area (Å²) in [6.45, 7) is 3.85. The molecule has 1 heterocycles. The Balaban J connectivity index is 1.60. The van der Waals surface area contributed by atoms with Crippen LogP contribution < -0.4 is 0 Å². The third kappa shape index (κ3) is 1.76. The second-order valence-corrected chi connectivity index (χ2v) is 8.08. The molecule has 2 bridgehead atoms. The van der Waals surface area contributed by atoms with E-state index < -0.39 is 15.7 Å². The average Bonchev–Trinajstić information content (AvgIpc) is 3.00. The van der Waals surface area contributed by atoms with Crippen molar-refractivity contribution >= 4 is 10.1 Å². The lowest BCUT2D eigenvalue weighted by Crippen LogP contribution is -2.40. The quantitative estimate of drug-likeness (QED) is 0.634. The fourth-order valence-corrected chi connectivity index (χ4v) is 5.26. The Hall–Kier alpha value is -0.910. The van der Waals surface area contributed by atoms with E-state index in [1.165, 1.54) is 0 Å². The van der Waals surface area contributed by atoms with Gasteiger partial charge in [0.2, 0.25) is 0 Å². The monoisotopic (exact) mass is 294 g/mol. The number of fused-ring (bicyclic) bond motifs is 5. The topological polar surface area (TPSA) is 55.9 Å². The van der Waals surface area contributed by atoms with E-state index in [1.807, 2.05) is 13.8 Å². The Bertz CT molecular complexity index is 651. The summed E-state index contributed by atoms with van der Waals surface area (Å²) in [6.07, 6.45) is 2.42. The van der Waals surface area contributed by atoms with Crippen LogP contribution in [0.15, 0.2) is 29.2 Å². The van der Waals surface area contributed by atoms with E-state index in [9.17, 15) is 8.42 Å². The molecule has 108 valence electrons. The van der Waals surface area contributed by atoms with Crippen molar-refractivity contribution in [2.24, 2.45) is 11.8 Å². The zero-order valence-electron chi connectivity index (χ0n) is 11.6.